The van der Waals surface area contributed by atoms with Gasteiger partial charge in [0.2, 0.25) is 0 Å². The van der Waals surface area contributed by atoms with E-state index in [4.69, 9.17) is 4.74 Å². The van der Waals surface area contributed by atoms with E-state index < -0.39 is 0 Å². The highest BCUT2D eigenvalue weighted by Gasteiger charge is 2.20. The number of rotatable bonds is 5. The van der Waals surface area contributed by atoms with Crippen LogP contribution in [-0.4, -0.2) is 18.1 Å². The molecular formula is C15H24N2O. The summed E-state index contributed by atoms with van der Waals surface area (Å²) in [6.07, 6.45) is 5.54. The fraction of sp³-hybridized carbons (Fsp3) is 0.667. The number of aryl methyl sites for hydroxylation is 1. The first kappa shape index (κ1) is 13.3. The molecule has 1 heterocycles. The first-order chi connectivity index (χ1) is 8.69. The number of nitrogens with zero attached hydrogens (tertiary/aromatic N) is 1. The molecule has 1 aliphatic carbocycles. The van der Waals surface area contributed by atoms with Gasteiger partial charge in [0.1, 0.15) is 5.75 Å². The summed E-state index contributed by atoms with van der Waals surface area (Å²) >= 11 is 0. The summed E-state index contributed by atoms with van der Waals surface area (Å²) in [7, 11) is 1.70. The minimum Gasteiger partial charge on any atom is -0.497 e. The number of methoxy groups -OCH3 is 1. The van der Waals surface area contributed by atoms with Crippen LogP contribution in [0, 0.1) is 12.8 Å². The van der Waals surface area contributed by atoms with Gasteiger partial charge in [-0.2, -0.15) is 0 Å². The lowest BCUT2D eigenvalue weighted by atomic mass is 10.00. The third-order valence-electron chi connectivity index (χ3n) is 3.93. The van der Waals surface area contributed by atoms with E-state index in [1.165, 1.54) is 25.7 Å². The van der Waals surface area contributed by atoms with Crippen LogP contribution in [0.4, 0.5) is 0 Å². The lowest BCUT2D eigenvalue weighted by Crippen LogP contribution is -2.32. The third kappa shape index (κ3) is 3.45. The van der Waals surface area contributed by atoms with Gasteiger partial charge in [-0.1, -0.05) is 12.8 Å². The number of ether oxygens (including phenoxy) is 1. The summed E-state index contributed by atoms with van der Waals surface area (Å²) < 4.78 is 5.27. The van der Waals surface area contributed by atoms with Crippen molar-refractivity contribution in [3.8, 4) is 5.75 Å². The third-order valence-corrected chi connectivity index (χ3v) is 3.93. The normalized spacial score (nSPS) is 17.9. The monoisotopic (exact) mass is 248 g/mol. The van der Waals surface area contributed by atoms with E-state index in [1.54, 1.807) is 7.11 Å². The van der Waals surface area contributed by atoms with Gasteiger partial charge in [0.05, 0.1) is 12.8 Å². The van der Waals surface area contributed by atoms with Gasteiger partial charge in [-0.3, -0.25) is 4.98 Å². The molecule has 1 fully saturated rings. The molecule has 100 valence electrons. The minimum atomic E-state index is 0.584. The fourth-order valence-electron chi connectivity index (χ4n) is 2.80. The molecule has 1 aromatic rings. The molecule has 0 radical (unpaired) electrons. The van der Waals surface area contributed by atoms with Crippen LogP contribution in [0.25, 0.3) is 0 Å². The second kappa shape index (κ2) is 6.19. The zero-order valence-electron chi connectivity index (χ0n) is 11.7. The smallest absolute Gasteiger partial charge is 0.122 e. The minimum absolute atomic E-state index is 0.584. The first-order valence-corrected chi connectivity index (χ1v) is 6.94. The van der Waals surface area contributed by atoms with Gasteiger partial charge >= 0.3 is 0 Å². The molecule has 0 aliphatic heterocycles. The predicted molar refractivity (Wildman–Crippen MR) is 73.8 cm³/mol. The topological polar surface area (TPSA) is 34.1 Å². The average molecular weight is 248 g/mol. The number of pyridine rings is 1. The molecule has 1 aliphatic rings. The van der Waals surface area contributed by atoms with E-state index in [9.17, 15) is 0 Å². The van der Waals surface area contributed by atoms with Crippen molar-refractivity contribution in [2.75, 3.05) is 7.11 Å². The van der Waals surface area contributed by atoms with Crippen LogP contribution in [0.15, 0.2) is 12.1 Å². The van der Waals surface area contributed by atoms with Crippen molar-refractivity contribution in [2.45, 2.75) is 52.1 Å². The highest BCUT2D eigenvalue weighted by molar-refractivity contribution is 5.26. The zero-order valence-corrected chi connectivity index (χ0v) is 11.7. The van der Waals surface area contributed by atoms with Gasteiger partial charge in [0.15, 0.2) is 0 Å². The number of hydrogen-bond donors (Lipinski definition) is 1. The maximum Gasteiger partial charge on any atom is 0.122 e. The van der Waals surface area contributed by atoms with Crippen molar-refractivity contribution in [2.24, 2.45) is 5.92 Å². The van der Waals surface area contributed by atoms with Gasteiger partial charge in [0, 0.05) is 30.4 Å². The van der Waals surface area contributed by atoms with E-state index in [0.29, 0.717) is 6.04 Å². The molecule has 1 saturated carbocycles. The zero-order chi connectivity index (χ0) is 13.0. The molecule has 0 spiro atoms. The van der Waals surface area contributed by atoms with Gasteiger partial charge in [-0.05, 0) is 32.6 Å². The van der Waals surface area contributed by atoms with Crippen molar-refractivity contribution < 1.29 is 4.74 Å². The van der Waals surface area contributed by atoms with Crippen LogP contribution in [0.1, 0.15) is 44.0 Å². The highest BCUT2D eigenvalue weighted by Crippen LogP contribution is 2.27. The Labute approximate surface area is 110 Å². The number of nitrogens with one attached hydrogen (secondary N) is 1. The van der Waals surface area contributed by atoms with Crippen molar-refractivity contribution >= 4 is 0 Å². The summed E-state index contributed by atoms with van der Waals surface area (Å²) in [6.45, 7) is 5.13. The van der Waals surface area contributed by atoms with Crippen LogP contribution in [0.3, 0.4) is 0 Å². The molecule has 0 amide bonds. The predicted octanol–water partition coefficient (Wildman–Crippen LogP) is 3.07. The van der Waals surface area contributed by atoms with Crippen molar-refractivity contribution in [3.63, 3.8) is 0 Å². The van der Waals surface area contributed by atoms with Gasteiger partial charge in [-0.15, -0.1) is 0 Å². The Kier molecular flexibility index (Phi) is 4.59. The van der Waals surface area contributed by atoms with Crippen LogP contribution in [-0.2, 0) is 6.54 Å². The summed E-state index contributed by atoms with van der Waals surface area (Å²) in [6, 6.07) is 4.56. The molecule has 2 rings (SSSR count). The van der Waals surface area contributed by atoms with Crippen molar-refractivity contribution in [1.29, 1.82) is 0 Å². The number of aromatic nitrogens is 1. The molecular weight excluding hydrogens is 224 g/mol. The number of hydrogen-bond acceptors (Lipinski definition) is 3. The van der Waals surface area contributed by atoms with E-state index in [-0.39, 0.29) is 0 Å². The molecule has 1 N–H and O–H groups in total. The summed E-state index contributed by atoms with van der Waals surface area (Å²) in [5, 5.41) is 3.60. The van der Waals surface area contributed by atoms with Crippen LogP contribution in [0.2, 0.25) is 0 Å². The molecule has 1 atom stereocenters. The van der Waals surface area contributed by atoms with Crippen LogP contribution < -0.4 is 10.1 Å². The Morgan fingerprint density at radius 2 is 2.11 bits per heavy atom. The maximum absolute atomic E-state index is 5.27. The Bertz CT molecular complexity index is 386. The molecule has 3 nitrogen and oxygen atoms in total. The fourth-order valence-corrected chi connectivity index (χ4v) is 2.80. The molecule has 0 unspecified atom stereocenters. The Morgan fingerprint density at radius 1 is 1.39 bits per heavy atom. The molecule has 0 saturated heterocycles. The first-order valence-electron chi connectivity index (χ1n) is 6.94. The Hall–Kier alpha value is -1.09. The second-order valence-corrected chi connectivity index (χ2v) is 5.35. The molecule has 18 heavy (non-hydrogen) atoms. The second-order valence-electron chi connectivity index (χ2n) is 5.35. The van der Waals surface area contributed by atoms with Gasteiger partial charge < -0.3 is 10.1 Å². The Morgan fingerprint density at radius 3 is 2.78 bits per heavy atom. The summed E-state index contributed by atoms with van der Waals surface area (Å²) in [5.41, 5.74) is 2.08. The summed E-state index contributed by atoms with van der Waals surface area (Å²) in [5.74, 6) is 1.74. The molecule has 3 heteroatoms. The Balaban J connectivity index is 1.90. The molecule has 1 aromatic heterocycles. The average Bonchev–Trinajstić information content (AvgIpc) is 2.89. The van der Waals surface area contributed by atoms with Crippen LogP contribution >= 0.6 is 0 Å². The lowest BCUT2D eigenvalue weighted by molar-refractivity contribution is 0.377. The molecule has 0 bridgehead atoms. The maximum atomic E-state index is 5.27. The standard InChI is InChI=1S/C15H24N2O/c1-11-8-15(18-3)9-14(17-11)10-16-12(2)13-6-4-5-7-13/h8-9,12-13,16H,4-7,10H2,1-3H3/t12-/m1/s1. The van der Waals surface area contributed by atoms with E-state index >= 15 is 0 Å². The van der Waals surface area contributed by atoms with Gasteiger partial charge in [-0.25, -0.2) is 0 Å². The quantitative estimate of drug-likeness (QED) is 0.869. The van der Waals surface area contributed by atoms with Crippen LogP contribution in [0.5, 0.6) is 5.75 Å². The summed E-state index contributed by atoms with van der Waals surface area (Å²) in [4.78, 5) is 4.54. The SMILES string of the molecule is COc1cc(C)nc(CN[C@H](C)C2CCCC2)c1. The van der Waals surface area contributed by atoms with E-state index in [2.05, 4.69) is 17.2 Å². The van der Waals surface area contributed by atoms with E-state index in [0.717, 1.165) is 29.6 Å². The molecule has 0 aromatic carbocycles. The van der Waals surface area contributed by atoms with Crippen molar-refractivity contribution in [1.82, 2.24) is 10.3 Å². The highest BCUT2D eigenvalue weighted by atomic mass is 16.5. The lowest BCUT2D eigenvalue weighted by Gasteiger charge is -2.20. The van der Waals surface area contributed by atoms with Gasteiger partial charge in [0.25, 0.3) is 0 Å². The van der Waals surface area contributed by atoms with Crippen molar-refractivity contribution in [3.05, 3.63) is 23.5 Å². The largest absolute Gasteiger partial charge is 0.497 e. The van der Waals surface area contributed by atoms with E-state index in [1.807, 2.05) is 19.1 Å².